The second kappa shape index (κ2) is 6.36. The van der Waals surface area contributed by atoms with Crippen molar-refractivity contribution in [2.45, 2.75) is 18.4 Å². The molecule has 0 atom stereocenters. The van der Waals surface area contributed by atoms with Gasteiger partial charge in [-0.25, -0.2) is 8.42 Å². The van der Waals surface area contributed by atoms with Gasteiger partial charge in [0.05, 0.1) is 14.9 Å². The van der Waals surface area contributed by atoms with Crippen molar-refractivity contribution in [1.29, 1.82) is 0 Å². The lowest BCUT2D eigenvalue weighted by Crippen LogP contribution is -2.26. The van der Waals surface area contributed by atoms with E-state index in [1.54, 1.807) is 42.5 Å². The third-order valence-electron chi connectivity index (χ3n) is 3.15. The van der Waals surface area contributed by atoms with Crippen molar-refractivity contribution in [1.82, 2.24) is 4.31 Å². The van der Waals surface area contributed by atoms with Gasteiger partial charge in [-0.3, -0.25) is 0 Å². The van der Waals surface area contributed by atoms with Crippen LogP contribution in [0.25, 0.3) is 0 Å². The predicted octanol–water partition coefficient (Wildman–Crippen LogP) is 4.12. The van der Waals surface area contributed by atoms with Crippen LogP contribution in [0.2, 0.25) is 10.0 Å². The zero-order valence-electron chi connectivity index (χ0n) is 11.7. The van der Waals surface area contributed by atoms with E-state index in [1.165, 1.54) is 11.4 Å². The van der Waals surface area contributed by atoms with E-state index < -0.39 is 10.0 Å². The Bertz CT molecular complexity index is 743. The lowest BCUT2D eigenvalue weighted by Gasteiger charge is -2.18. The molecule has 2 aromatic rings. The van der Waals surface area contributed by atoms with Gasteiger partial charge in [-0.1, -0.05) is 53.0 Å². The van der Waals surface area contributed by atoms with E-state index in [2.05, 4.69) is 0 Å². The van der Waals surface area contributed by atoms with Crippen molar-refractivity contribution in [3.05, 3.63) is 63.6 Å². The van der Waals surface area contributed by atoms with Crippen LogP contribution in [0.3, 0.4) is 0 Å². The second-order valence-corrected chi connectivity index (χ2v) is 7.62. The van der Waals surface area contributed by atoms with Gasteiger partial charge in [-0.2, -0.15) is 4.31 Å². The quantitative estimate of drug-likeness (QED) is 0.837. The molecule has 112 valence electrons. The minimum atomic E-state index is -3.55. The van der Waals surface area contributed by atoms with E-state index >= 15 is 0 Å². The Morgan fingerprint density at radius 2 is 1.67 bits per heavy atom. The standard InChI is InChI=1S/C15H15Cl2NO2S/c1-11-6-8-13(9-7-11)21(19,20)18(2)10-12-4-3-5-14(16)15(12)17/h3-9H,10H2,1-2H3. The molecule has 0 N–H and O–H groups in total. The monoisotopic (exact) mass is 343 g/mol. The molecule has 0 saturated carbocycles. The number of hydrogen-bond donors (Lipinski definition) is 0. The predicted molar refractivity (Wildman–Crippen MR) is 86.3 cm³/mol. The van der Waals surface area contributed by atoms with Gasteiger partial charge in [-0.05, 0) is 30.7 Å². The highest BCUT2D eigenvalue weighted by Crippen LogP contribution is 2.27. The first-order valence-electron chi connectivity index (χ1n) is 6.28. The summed E-state index contributed by atoms with van der Waals surface area (Å²) in [6, 6.07) is 11.9. The molecule has 2 aromatic carbocycles. The fraction of sp³-hybridized carbons (Fsp3) is 0.200. The van der Waals surface area contributed by atoms with Crippen LogP contribution >= 0.6 is 23.2 Å². The van der Waals surface area contributed by atoms with Crippen LogP contribution in [-0.4, -0.2) is 19.8 Å². The van der Waals surface area contributed by atoms with Gasteiger partial charge < -0.3 is 0 Å². The first kappa shape index (κ1) is 16.3. The van der Waals surface area contributed by atoms with Crippen molar-refractivity contribution >= 4 is 33.2 Å². The average molecular weight is 344 g/mol. The van der Waals surface area contributed by atoms with Gasteiger partial charge in [0.25, 0.3) is 0 Å². The lowest BCUT2D eigenvalue weighted by molar-refractivity contribution is 0.467. The smallest absolute Gasteiger partial charge is 0.207 e. The van der Waals surface area contributed by atoms with Crippen LogP contribution in [0.1, 0.15) is 11.1 Å². The summed E-state index contributed by atoms with van der Waals surface area (Å²) in [4.78, 5) is 0.258. The summed E-state index contributed by atoms with van der Waals surface area (Å²) in [7, 11) is -2.03. The molecule has 0 saturated heterocycles. The fourth-order valence-corrected chi connectivity index (χ4v) is 3.41. The van der Waals surface area contributed by atoms with Gasteiger partial charge in [0.2, 0.25) is 10.0 Å². The van der Waals surface area contributed by atoms with Crippen molar-refractivity contribution in [3.63, 3.8) is 0 Å². The van der Waals surface area contributed by atoms with Crippen LogP contribution in [0.15, 0.2) is 47.4 Å². The number of rotatable bonds is 4. The minimum absolute atomic E-state index is 0.162. The maximum absolute atomic E-state index is 12.5. The van der Waals surface area contributed by atoms with Gasteiger partial charge in [-0.15, -0.1) is 0 Å². The molecule has 0 aromatic heterocycles. The second-order valence-electron chi connectivity index (χ2n) is 4.79. The van der Waals surface area contributed by atoms with Crippen LogP contribution in [-0.2, 0) is 16.6 Å². The summed E-state index contributed by atoms with van der Waals surface area (Å²) in [5.41, 5.74) is 1.68. The first-order valence-corrected chi connectivity index (χ1v) is 8.48. The normalized spacial score (nSPS) is 11.9. The molecule has 2 rings (SSSR count). The largest absolute Gasteiger partial charge is 0.243 e. The summed E-state index contributed by atoms with van der Waals surface area (Å²) in [6.07, 6.45) is 0. The molecule has 0 aliphatic carbocycles. The summed E-state index contributed by atoms with van der Waals surface area (Å²) < 4.78 is 26.2. The van der Waals surface area contributed by atoms with Gasteiger partial charge in [0, 0.05) is 13.6 Å². The molecule has 0 spiro atoms. The molecule has 0 heterocycles. The molecule has 0 unspecified atom stereocenters. The Morgan fingerprint density at radius 3 is 2.29 bits per heavy atom. The Morgan fingerprint density at radius 1 is 1.05 bits per heavy atom. The molecule has 0 aliphatic heterocycles. The molecular formula is C15H15Cl2NO2S. The van der Waals surface area contributed by atoms with E-state index in [0.717, 1.165) is 5.56 Å². The number of sulfonamides is 1. The molecule has 0 aliphatic rings. The van der Waals surface area contributed by atoms with Crippen LogP contribution in [0, 0.1) is 6.92 Å². The molecule has 3 nitrogen and oxygen atoms in total. The van der Waals surface area contributed by atoms with E-state index in [4.69, 9.17) is 23.2 Å². The van der Waals surface area contributed by atoms with E-state index in [0.29, 0.717) is 15.6 Å². The molecule has 0 fully saturated rings. The number of benzene rings is 2. The Kier molecular flexibility index (Phi) is 4.94. The number of hydrogen-bond acceptors (Lipinski definition) is 2. The Balaban J connectivity index is 2.28. The van der Waals surface area contributed by atoms with Gasteiger partial charge in [0.15, 0.2) is 0 Å². The van der Waals surface area contributed by atoms with Gasteiger partial charge >= 0.3 is 0 Å². The van der Waals surface area contributed by atoms with E-state index in [1.807, 2.05) is 6.92 Å². The first-order chi connectivity index (χ1) is 9.82. The fourth-order valence-electron chi connectivity index (χ4n) is 1.89. The molecule has 0 bridgehead atoms. The van der Waals surface area contributed by atoms with Crippen molar-refractivity contribution < 1.29 is 8.42 Å². The summed E-state index contributed by atoms with van der Waals surface area (Å²) in [5, 5.41) is 0.792. The molecular weight excluding hydrogens is 329 g/mol. The Hall–Kier alpha value is -1.07. The van der Waals surface area contributed by atoms with E-state index in [-0.39, 0.29) is 11.4 Å². The van der Waals surface area contributed by atoms with Crippen molar-refractivity contribution in [2.24, 2.45) is 0 Å². The minimum Gasteiger partial charge on any atom is -0.207 e. The molecule has 0 amide bonds. The highest BCUT2D eigenvalue weighted by Gasteiger charge is 2.21. The molecule has 0 radical (unpaired) electrons. The SMILES string of the molecule is Cc1ccc(S(=O)(=O)N(C)Cc2cccc(Cl)c2Cl)cc1. The maximum Gasteiger partial charge on any atom is 0.243 e. The summed E-state index contributed by atoms with van der Waals surface area (Å²) in [5.74, 6) is 0. The van der Waals surface area contributed by atoms with Crippen LogP contribution in [0.4, 0.5) is 0 Å². The van der Waals surface area contributed by atoms with E-state index in [9.17, 15) is 8.42 Å². The number of halogens is 2. The van der Waals surface area contributed by atoms with Gasteiger partial charge in [0.1, 0.15) is 0 Å². The molecule has 6 heteroatoms. The third kappa shape index (κ3) is 3.58. The number of aryl methyl sites for hydroxylation is 1. The molecule has 21 heavy (non-hydrogen) atoms. The lowest BCUT2D eigenvalue weighted by atomic mass is 10.2. The summed E-state index contributed by atoms with van der Waals surface area (Å²) >= 11 is 12.0. The highest BCUT2D eigenvalue weighted by molar-refractivity contribution is 7.89. The van der Waals surface area contributed by atoms with Crippen molar-refractivity contribution in [3.8, 4) is 0 Å². The zero-order chi connectivity index (χ0) is 15.6. The number of nitrogens with zero attached hydrogens (tertiary/aromatic N) is 1. The average Bonchev–Trinajstić information content (AvgIpc) is 2.44. The van der Waals surface area contributed by atoms with Crippen LogP contribution < -0.4 is 0 Å². The zero-order valence-corrected chi connectivity index (χ0v) is 14.0. The highest BCUT2D eigenvalue weighted by atomic mass is 35.5. The summed E-state index contributed by atoms with van der Waals surface area (Å²) in [6.45, 7) is 2.07. The van der Waals surface area contributed by atoms with Crippen LogP contribution in [0.5, 0.6) is 0 Å². The van der Waals surface area contributed by atoms with Crippen molar-refractivity contribution in [2.75, 3.05) is 7.05 Å². The maximum atomic E-state index is 12.5. The topological polar surface area (TPSA) is 37.4 Å². The third-order valence-corrected chi connectivity index (χ3v) is 5.83. The Labute approximate surface area is 135 Å².